The number of amides is 1. The molecular weight excluding hydrogens is 209 g/mol. The fraction of sp³-hybridized carbons (Fsp3) is 0.900. The maximum atomic E-state index is 11.3. The van der Waals surface area contributed by atoms with Crippen LogP contribution < -0.4 is 5.32 Å². The Balaban J connectivity index is 2.57. The lowest BCUT2D eigenvalue weighted by atomic mass is 9.92. The van der Waals surface area contributed by atoms with Crippen LogP contribution in [-0.2, 0) is 14.3 Å². The van der Waals surface area contributed by atoms with E-state index < -0.39 is 18.3 Å². The average molecular weight is 229 g/mol. The average Bonchev–Trinajstić information content (AvgIpc) is 2.55. The summed E-state index contributed by atoms with van der Waals surface area (Å²) in [5, 5.41) is 12.4. The van der Waals surface area contributed by atoms with E-state index in [1.165, 1.54) is 0 Å². The molecule has 5 atom stereocenters. The Morgan fingerprint density at radius 2 is 2.31 bits per heavy atom. The fourth-order valence-corrected chi connectivity index (χ4v) is 1.95. The van der Waals surface area contributed by atoms with E-state index >= 15 is 0 Å². The number of carbonyl (C=O) groups excluding carboxylic acids is 1. The first kappa shape index (κ1) is 13.5. The topological polar surface area (TPSA) is 67.8 Å². The zero-order valence-corrected chi connectivity index (χ0v) is 10.3. The Bertz CT molecular complexity index is 251. The highest BCUT2D eigenvalue weighted by molar-refractivity contribution is 6.11. The van der Waals surface area contributed by atoms with Crippen molar-refractivity contribution in [1.82, 2.24) is 5.32 Å². The highest BCUT2D eigenvalue weighted by atomic mass is 16.6. The summed E-state index contributed by atoms with van der Waals surface area (Å²) < 4.78 is 11.1. The van der Waals surface area contributed by atoms with E-state index in [0.717, 1.165) is 6.42 Å². The largest absolute Gasteiger partial charge is 0.388 e. The maximum Gasteiger partial charge on any atom is 0.248 e. The first-order valence-corrected chi connectivity index (χ1v) is 5.71. The molecule has 5 nitrogen and oxygen atoms in total. The molecule has 1 aliphatic heterocycles. The summed E-state index contributed by atoms with van der Waals surface area (Å²) in [7, 11) is 3.40. The van der Waals surface area contributed by atoms with E-state index in [9.17, 15) is 9.90 Å². The first-order chi connectivity index (χ1) is 7.51. The number of hydrogen-bond acceptors (Lipinski definition) is 4. The summed E-state index contributed by atoms with van der Waals surface area (Å²) in [6, 6.07) is -0.188. The van der Waals surface area contributed by atoms with Crippen LogP contribution in [-0.4, -0.2) is 56.3 Å². The third-order valence-corrected chi connectivity index (χ3v) is 2.95. The maximum absolute atomic E-state index is 11.3. The van der Waals surface area contributed by atoms with E-state index in [1.807, 2.05) is 14.8 Å². The Labute approximate surface area is 96.9 Å². The number of carbonyl (C=O) groups is 1. The van der Waals surface area contributed by atoms with Gasteiger partial charge in [0.15, 0.2) is 0 Å². The Morgan fingerprint density at radius 1 is 1.69 bits per heavy atom. The van der Waals surface area contributed by atoms with E-state index in [0.29, 0.717) is 0 Å². The summed E-state index contributed by atoms with van der Waals surface area (Å²) in [5.41, 5.74) is 0. The molecular formula is C10H20BNO4. The van der Waals surface area contributed by atoms with Gasteiger partial charge in [0, 0.05) is 7.05 Å². The second-order valence-corrected chi connectivity index (χ2v) is 4.14. The van der Waals surface area contributed by atoms with Crippen molar-refractivity contribution in [1.29, 1.82) is 0 Å². The van der Waals surface area contributed by atoms with Crippen molar-refractivity contribution in [3.8, 4) is 0 Å². The molecule has 92 valence electrons. The molecule has 0 spiro atoms. The molecule has 1 unspecified atom stereocenters. The van der Waals surface area contributed by atoms with Crippen LogP contribution in [0.4, 0.5) is 0 Å². The third-order valence-electron chi connectivity index (χ3n) is 2.95. The van der Waals surface area contributed by atoms with Crippen molar-refractivity contribution >= 4 is 13.8 Å². The molecule has 1 amide bonds. The summed E-state index contributed by atoms with van der Waals surface area (Å²) in [6.07, 6.45) is -1.13. The van der Waals surface area contributed by atoms with Crippen LogP contribution in [0.2, 0.25) is 0 Å². The number of hydrogen-bond donors (Lipinski definition) is 2. The lowest BCUT2D eigenvalue weighted by Crippen LogP contribution is -2.42. The predicted octanol–water partition coefficient (Wildman–Crippen LogP) is -1.36. The van der Waals surface area contributed by atoms with Crippen LogP contribution in [0.5, 0.6) is 0 Å². The molecule has 1 rings (SSSR count). The highest BCUT2D eigenvalue weighted by Gasteiger charge is 2.42. The smallest absolute Gasteiger partial charge is 0.248 e. The molecule has 1 heterocycles. The van der Waals surface area contributed by atoms with Crippen molar-refractivity contribution in [3.05, 3.63) is 0 Å². The van der Waals surface area contributed by atoms with Gasteiger partial charge in [-0.2, -0.15) is 0 Å². The molecule has 0 aromatic heterocycles. The predicted molar refractivity (Wildman–Crippen MR) is 61.9 cm³/mol. The number of nitrogens with one attached hydrogen (secondary N) is 1. The Kier molecular flexibility index (Phi) is 4.77. The zero-order valence-electron chi connectivity index (χ0n) is 10.3. The number of aliphatic hydroxyl groups excluding tert-OH is 1. The van der Waals surface area contributed by atoms with Gasteiger partial charge >= 0.3 is 0 Å². The molecule has 16 heavy (non-hydrogen) atoms. The summed E-state index contributed by atoms with van der Waals surface area (Å²) in [4.78, 5) is 11.3. The Morgan fingerprint density at radius 3 is 2.75 bits per heavy atom. The molecule has 0 radical (unpaired) electrons. The minimum atomic E-state index is -0.660. The van der Waals surface area contributed by atoms with Crippen molar-refractivity contribution in [3.63, 3.8) is 0 Å². The van der Waals surface area contributed by atoms with E-state index in [-0.39, 0.29) is 18.0 Å². The monoisotopic (exact) mass is 229 g/mol. The molecule has 0 saturated carbocycles. The van der Waals surface area contributed by atoms with Crippen LogP contribution >= 0.6 is 0 Å². The normalized spacial score (nSPS) is 36.0. The summed E-state index contributed by atoms with van der Waals surface area (Å²) in [6.45, 7) is 3.61. The van der Waals surface area contributed by atoms with E-state index in [1.54, 1.807) is 14.0 Å². The number of likely N-dealkylation sites (N-methyl/N-ethyl adjacent to an activating group) is 1. The van der Waals surface area contributed by atoms with E-state index in [4.69, 9.17) is 9.47 Å². The van der Waals surface area contributed by atoms with Gasteiger partial charge < -0.3 is 19.9 Å². The quantitative estimate of drug-likeness (QED) is 0.584. The van der Waals surface area contributed by atoms with Crippen LogP contribution in [0, 0.1) is 0 Å². The number of ether oxygens (including phenoxy) is 2. The van der Waals surface area contributed by atoms with Gasteiger partial charge in [-0.15, -0.1) is 0 Å². The minimum absolute atomic E-state index is 0.188. The Hall–Kier alpha value is -0.585. The van der Waals surface area contributed by atoms with Gasteiger partial charge in [-0.3, -0.25) is 4.79 Å². The molecule has 0 aromatic carbocycles. The molecule has 0 aliphatic carbocycles. The fourth-order valence-electron chi connectivity index (χ4n) is 1.95. The van der Waals surface area contributed by atoms with Crippen LogP contribution in [0.15, 0.2) is 0 Å². The van der Waals surface area contributed by atoms with Crippen molar-refractivity contribution in [2.24, 2.45) is 0 Å². The van der Waals surface area contributed by atoms with Crippen LogP contribution in [0.3, 0.4) is 0 Å². The van der Waals surface area contributed by atoms with Gasteiger partial charge in [0.2, 0.25) is 5.91 Å². The molecule has 1 saturated heterocycles. The number of rotatable bonds is 4. The summed E-state index contributed by atoms with van der Waals surface area (Å²) >= 11 is 0. The first-order valence-electron chi connectivity index (χ1n) is 5.71. The molecule has 1 aliphatic rings. The van der Waals surface area contributed by atoms with Crippen molar-refractivity contribution < 1.29 is 19.4 Å². The SMILES string of the molecule is B[C@@H]1O[C@H](CC)C(O)[C@@H]1O[C@H](C)C(=O)NC. The van der Waals surface area contributed by atoms with Crippen LogP contribution in [0.1, 0.15) is 20.3 Å². The highest BCUT2D eigenvalue weighted by Crippen LogP contribution is 2.25. The molecule has 6 heteroatoms. The zero-order chi connectivity index (χ0) is 12.3. The van der Waals surface area contributed by atoms with Crippen molar-refractivity contribution in [2.75, 3.05) is 7.05 Å². The standard InChI is InChI=1S/C10H20BNO4/c1-4-6-7(13)8(9(11)16-6)15-5(2)10(14)12-3/h5-9,13H,4,11H2,1-3H3,(H,12,14)/t5-,6-,7?,8+,9-/m1/s1. The van der Waals surface area contributed by atoms with Gasteiger partial charge in [-0.05, 0) is 13.3 Å². The second kappa shape index (κ2) is 5.66. The van der Waals surface area contributed by atoms with Gasteiger partial charge in [0.25, 0.3) is 0 Å². The lowest BCUT2D eigenvalue weighted by Gasteiger charge is -2.22. The molecule has 1 fully saturated rings. The van der Waals surface area contributed by atoms with Crippen molar-refractivity contribution in [2.45, 2.75) is 50.7 Å². The molecule has 0 bridgehead atoms. The number of aliphatic hydroxyl groups is 1. The van der Waals surface area contributed by atoms with Gasteiger partial charge in [-0.25, -0.2) is 0 Å². The molecule has 2 N–H and O–H groups in total. The third kappa shape index (κ3) is 2.75. The lowest BCUT2D eigenvalue weighted by molar-refractivity contribution is -0.138. The van der Waals surface area contributed by atoms with E-state index in [2.05, 4.69) is 5.32 Å². The van der Waals surface area contributed by atoms with Gasteiger partial charge in [0.1, 0.15) is 26.2 Å². The molecule has 0 aromatic rings. The van der Waals surface area contributed by atoms with Gasteiger partial charge in [-0.1, -0.05) is 6.92 Å². The second-order valence-electron chi connectivity index (χ2n) is 4.14. The summed E-state index contributed by atoms with van der Waals surface area (Å²) in [5.74, 6) is -0.195. The minimum Gasteiger partial charge on any atom is -0.388 e. The van der Waals surface area contributed by atoms with Crippen LogP contribution in [0.25, 0.3) is 0 Å². The van der Waals surface area contributed by atoms with Gasteiger partial charge in [0.05, 0.1) is 12.1 Å².